The van der Waals surface area contributed by atoms with E-state index in [1.807, 2.05) is 6.92 Å². The number of aryl methyl sites for hydroxylation is 1. The van der Waals surface area contributed by atoms with E-state index in [9.17, 15) is 13.9 Å². The van der Waals surface area contributed by atoms with Crippen molar-refractivity contribution in [2.24, 2.45) is 0 Å². The molecule has 0 aliphatic carbocycles. The van der Waals surface area contributed by atoms with Gasteiger partial charge in [0.25, 0.3) is 0 Å². The molecule has 1 unspecified atom stereocenters. The van der Waals surface area contributed by atoms with E-state index >= 15 is 0 Å². The topological polar surface area (TPSA) is 20.2 Å². The van der Waals surface area contributed by atoms with Crippen LogP contribution in [0.5, 0.6) is 0 Å². The highest BCUT2D eigenvalue weighted by Crippen LogP contribution is 2.35. The van der Waals surface area contributed by atoms with Crippen LogP contribution in [-0.2, 0) is 0 Å². The first-order chi connectivity index (χ1) is 6.29. The largest absolute Gasteiger partial charge is 0.387 e. The Morgan fingerprint density at radius 1 is 1.64 bits per heavy atom. The van der Waals surface area contributed by atoms with Gasteiger partial charge in [0, 0.05) is 20.6 Å². The van der Waals surface area contributed by atoms with E-state index in [4.69, 9.17) is 0 Å². The minimum Gasteiger partial charge on any atom is -0.387 e. The third kappa shape index (κ3) is 3.29. The van der Waals surface area contributed by atoms with E-state index in [0.717, 1.165) is 16.3 Å². The van der Waals surface area contributed by atoms with Crippen LogP contribution in [0.2, 0.25) is 0 Å². The first-order valence-corrected chi connectivity index (χ1v) is 5.72. The normalized spacial score (nSPS) is 14.4. The third-order valence-electron chi connectivity index (χ3n) is 1.76. The van der Waals surface area contributed by atoms with Crippen LogP contribution in [0, 0.1) is 6.92 Å². The molecule has 1 nitrogen and oxygen atoms in total. The summed E-state index contributed by atoms with van der Waals surface area (Å²) in [5.41, 5.74) is 0. The standard InChI is InChI=1S/C9H11BrF2OS/c1-5-6(10)3-8(14-5)7(13)4-9(2,11)12/h3,7,13H,4H2,1-2H3. The quantitative estimate of drug-likeness (QED) is 0.893. The zero-order valence-corrected chi connectivity index (χ0v) is 10.3. The fraction of sp³-hybridized carbons (Fsp3) is 0.556. The summed E-state index contributed by atoms with van der Waals surface area (Å²) < 4.78 is 26.1. The molecule has 1 rings (SSSR count). The molecule has 1 atom stereocenters. The van der Waals surface area contributed by atoms with E-state index in [1.54, 1.807) is 6.07 Å². The monoisotopic (exact) mass is 284 g/mol. The first kappa shape index (κ1) is 12.1. The van der Waals surface area contributed by atoms with Crippen molar-refractivity contribution in [1.82, 2.24) is 0 Å². The Morgan fingerprint density at radius 2 is 2.21 bits per heavy atom. The zero-order chi connectivity index (χ0) is 10.9. The molecule has 0 radical (unpaired) electrons. The van der Waals surface area contributed by atoms with Gasteiger partial charge >= 0.3 is 0 Å². The second kappa shape index (κ2) is 4.24. The molecule has 0 spiro atoms. The lowest BCUT2D eigenvalue weighted by atomic mass is 10.1. The van der Waals surface area contributed by atoms with Crippen molar-refractivity contribution in [1.29, 1.82) is 0 Å². The van der Waals surface area contributed by atoms with Gasteiger partial charge in [-0.05, 0) is 35.8 Å². The SMILES string of the molecule is Cc1sc(C(O)CC(C)(F)F)cc1Br. The summed E-state index contributed by atoms with van der Waals surface area (Å²) in [4.78, 5) is 1.56. The van der Waals surface area contributed by atoms with Crippen LogP contribution >= 0.6 is 27.3 Å². The summed E-state index contributed by atoms with van der Waals surface area (Å²) in [5, 5.41) is 9.50. The molecule has 1 heterocycles. The Hall–Kier alpha value is -0.0000000000000000555. The Bertz CT molecular complexity index is 300. The van der Waals surface area contributed by atoms with Gasteiger partial charge in [0.15, 0.2) is 0 Å². The van der Waals surface area contributed by atoms with Crippen LogP contribution in [0.15, 0.2) is 10.5 Å². The Morgan fingerprint density at radius 3 is 2.57 bits per heavy atom. The fourth-order valence-electron chi connectivity index (χ4n) is 1.09. The summed E-state index contributed by atoms with van der Waals surface area (Å²) in [6.07, 6.45) is -1.61. The fourth-order valence-corrected chi connectivity index (χ4v) is 2.63. The van der Waals surface area contributed by atoms with E-state index < -0.39 is 18.4 Å². The van der Waals surface area contributed by atoms with Crippen LogP contribution in [-0.4, -0.2) is 11.0 Å². The van der Waals surface area contributed by atoms with E-state index in [-0.39, 0.29) is 0 Å². The third-order valence-corrected chi connectivity index (χ3v) is 3.99. The van der Waals surface area contributed by atoms with Crippen molar-refractivity contribution in [2.45, 2.75) is 32.3 Å². The molecule has 0 saturated carbocycles. The van der Waals surface area contributed by atoms with Crippen LogP contribution < -0.4 is 0 Å². The van der Waals surface area contributed by atoms with Crippen molar-refractivity contribution in [3.8, 4) is 0 Å². The van der Waals surface area contributed by atoms with Gasteiger partial charge in [0.1, 0.15) is 0 Å². The Balaban J connectivity index is 2.75. The number of halogens is 3. The number of hydrogen-bond acceptors (Lipinski definition) is 2. The molecule has 0 amide bonds. The highest BCUT2D eigenvalue weighted by molar-refractivity contribution is 9.10. The van der Waals surface area contributed by atoms with Crippen LogP contribution in [0.4, 0.5) is 8.78 Å². The molecule has 0 aromatic carbocycles. The number of rotatable bonds is 3. The average Bonchev–Trinajstić information content (AvgIpc) is 2.28. The van der Waals surface area contributed by atoms with Crippen LogP contribution in [0.3, 0.4) is 0 Å². The zero-order valence-electron chi connectivity index (χ0n) is 7.85. The maximum absolute atomic E-state index is 12.6. The summed E-state index contributed by atoms with van der Waals surface area (Å²) in [7, 11) is 0. The predicted octanol–water partition coefficient (Wildman–Crippen LogP) is 3.90. The van der Waals surface area contributed by atoms with Crippen molar-refractivity contribution >= 4 is 27.3 Å². The van der Waals surface area contributed by atoms with Gasteiger partial charge in [-0.3, -0.25) is 0 Å². The average molecular weight is 285 g/mol. The van der Waals surface area contributed by atoms with Crippen molar-refractivity contribution in [2.75, 3.05) is 0 Å². The molecule has 1 aromatic rings. The van der Waals surface area contributed by atoms with E-state index in [1.165, 1.54) is 11.3 Å². The van der Waals surface area contributed by atoms with Gasteiger partial charge in [-0.2, -0.15) is 0 Å². The Kier molecular flexibility index (Phi) is 3.66. The molecular formula is C9H11BrF2OS. The molecule has 5 heteroatoms. The number of aliphatic hydroxyl groups excluding tert-OH is 1. The number of aliphatic hydroxyl groups is 1. The highest BCUT2D eigenvalue weighted by atomic mass is 79.9. The molecule has 0 aliphatic heterocycles. The minimum atomic E-state index is -2.83. The summed E-state index contributed by atoms with van der Waals surface area (Å²) >= 11 is 4.61. The second-order valence-electron chi connectivity index (χ2n) is 3.34. The van der Waals surface area contributed by atoms with E-state index in [0.29, 0.717) is 4.88 Å². The van der Waals surface area contributed by atoms with Crippen molar-refractivity contribution in [3.63, 3.8) is 0 Å². The molecule has 0 aliphatic rings. The minimum absolute atomic E-state index is 0.528. The number of alkyl halides is 2. The number of hydrogen-bond donors (Lipinski definition) is 1. The molecule has 1 aromatic heterocycles. The van der Waals surface area contributed by atoms with Gasteiger partial charge in [-0.15, -0.1) is 11.3 Å². The van der Waals surface area contributed by atoms with Gasteiger partial charge in [0.05, 0.1) is 6.10 Å². The molecule has 0 saturated heterocycles. The van der Waals surface area contributed by atoms with Gasteiger partial charge in [-0.25, -0.2) is 8.78 Å². The summed E-state index contributed by atoms with van der Waals surface area (Å²) in [6.45, 7) is 2.68. The van der Waals surface area contributed by atoms with E-state index in [2.05, 4.69) is 15.9 Å². The van der Waals surface area contributed by atoms with Gasteiger partial charge in [0.2, 0.25) is 5.92 Å². The predicted molar refractivity (Wildman–Crippen MR) is 57.0 cm³/mol. The molecule has 0 fully saturated rings. The second-order valence-corrected chi connectivity index (χ2v) is 5.49. The number of thiophene rings is 1. The lowest BCUT2D eigenvalue weighted by molar-refractivity contribution is -0.0275. The Labute approximate surface area is 93.9 Å². The lowest BCUT2D eigenvalue weighted by Gasteiger charge is -2.14. The molecule has 1 N–H and O–H groups in total. The lowest BCUT2D eigenvalue weighted by Crippen LogP contribution is -2.14. The van der Waals surface area contributed by atoms with Gasteiger partial charge < -0.3 is 5.11 Å². The highest BCUT2D eigenvalue weighted by Gasteiger charge is 2.27. The molecule has 80 valence electrons. The summed E-state index contributed by atoms with van der Waals surface area (Å²) in [6, 6.07) is 1.69. The smallest absolute Gasteiger partial charge is 0.248 e. The molecular weight excluding hydrogens is 274 g/mol. The summed E-state index contributed by atoms with van der Waals surface area (Å²) in [5.74, 6) is -2.83. The molecule has 0 bridgehead atoms. The maximum atomic E-state index is 12.6. The van der Waals surface area contributed by atoms with Crippen LogP contribution in [0.1, 0.15) is 29.2 Å². The van der Waals surface area contributed by atoms with Crippen molar-refractivity contribution in [3.05, 3.63) is 20.3 Å². The van der Waals surface area contributed by atoms with Crippen molar-refractivity contribution < 1.29 is 13.9 Å². The molecule has 14 heavy (non-hydrogen) atoms. The maximum Gasteiger partial charge on any atom is 0.248 e. The van der Waals surface area contributed by atoms with Gasteiger partial charge in [-0.1, -0.05) is 0 Å². The van der Waals surface area contributed by atoms with Crippen LogP contribution in [0.25, 0.3) is 0 Å². The first-order valence-electron chi connectivity index (χ1n) is 4.11.